The van der Waals surface area contributed by atoms with Gasteiger partial charge in [0.2, 0.25) is 5.91 Å². The predicted molar refractivity (Wildman–Crippen MR) is 127 cm³/mol. The zero-order chi connectivity index (χ0) is 23.4. The van der Waals surface area contributed by atoms with Crippen LogP contribution in [0.3, 0.4) is 0 Å². The van der Waals surface area contributed by atoms with E-state index in [4.69, 9.17) is 9.47 Å². The van der Waals surface area contributed by atoms with Crippen LogP contribution in [0.1, 0.15) is 61.4 Å². The van der Waals surface area contributed by atoms with Crippen LogP contribution in [0.5, 0.6) is 5.75 Å². The van der Waals surface area contributed by atoms with E-state index in [1.807, 2.05) is 30.0 Å². The summed E-state index contributed by atoms with van der Waals surface area (Å²) in [5.41, 5.74) is 4.53. The van der Waals surface area contributed by atoms with Crippen LogP contribution in [-0.2, 0) is 20.7 Å². The standard InChI is InChI=1S/C27H34N2O4/c1-4-25(30)29-13-12-20-10-11-22(16-24(20)26(29)21-8-5-7-18(2)15-21)33-19(3)27(31)28-17-23-9-6-14-32-23/h5,7-8,10-11,15-16,19,23,26H,4,6,9,12-14,17H2,1-3H3,(H,28,31). The Morgan fingerprint density at radius 3 is 2.82 bits per heavy atom. The highest BCUT2D eigenvalue weighted by atomic mass is 16.5. The predicted octanol–water partition coefficient (Wildman–Crippen LogP) is 3.94. The number of aryl methyl sites for hydroxylation is 1. The minimum absolute atomic E-state index is 0.0991. The van der Waals surface area contributed by atoms with E-state index in [0.717, 1.165) is 42.6 Å². The molecule has 0 radical (unpaired) electrons. The van der Waals surface area contributed by atoms with Crippen molar-refractivity contribution in [2.75, 3.05) is 19.7 Å². The van der Waals surface area contributed by atoms with Gasteiger partial charge in [0.15, 0.2) is 6.10 Å². The van der Waals surface area contributed by atoms with Gasteiger partial charge in [0.25, 0.3) is 5.91 Å². The Morgan fingerprint density at radius 2 is 2.09 bits per heavy atom. The van der Waals surface area contributed by atoms with E-state index in [9.17, 15) is 9.59 Å². The molecule has 0 saturated carbocycles. The Morgan fingerprint density at radius 1 is 1.24 bits per heavy atom. The van der Waals surface area contributed by atoms with Crippen molar-refractivity contribution >= 4 is 11.8 Å². The number of ether oxygens (including phenoxy) is 2. The molecule has 0 bridgehead atoms. The van der Waals surface area contributed by atoms with Crippen LogP contribution in [0.4, 0.5) is 0 Å². The van der Waals surface area contributed by atoms with E-state index in [0.29, 0.717) is 25.3 Å². The quantitative estimate of drug-likeness (QED) is 0.694. The Hall–Kier alpha value is -2.86. The molecule has 2 aromatic rings. The van der Waals surface area contributed by atoms with Crippen molar-refractivity contribution in [1.82, 2.24) is 10.2 Å². The Labute approximate surface area is 196 Å². The molecule has 1 saturated heterocycles. The van der Waals surface area contributed by atoms with Gasteiger partial charge in [-0.15, -0.1) is 0 Å². The molecule has 6 heteroatoms. The van der Waals surface area contributed by atoms with E-state index in [1.54, 1.807) is 6.92 Å². The molecule has 2 aliphatic heterocycles. The zero-order valence-corrected chi connectivity index (χ0v) is 19.8. The first-order valence-electron chi connectivity index (χ1n) is 12.0. The maximum atomic E-state index is 12.8. The largest absolute Gasteiger partial charge is 0.481 e. The normalized spacial score (nSPS) is 20.8. The third-order valence-corrected chi connectivity index (χ3v) is 6.54. The molecule has 0 aromatic heterocycles. The van der Waals surface area contributed by atoms with Crippen molar-refractivity contribution in [3.05, 3.63) is 64.7 Å². The first kappa shape index (κ1) is 23.3. The number of benzene rings is 2. The summed E-state index contributed by atoms with van der Waals surface area (Å²) in [4.78, 5) is 27.3. The monoisotopic (exact) mass is 450 g/mol. The molecule has 2 aliphatic rings. The zero-order valence-electron chi connectivity index (χ0n) is 19.8. The third-order valence-electron chi connectivity index (χ3n) is 6.54. The van der Waals surface area contributed by atoms with Crippen molar-refractivity contribution < 1.29 is 19.1 Å². The van der Waals surface area contributed by atoms with Crippen LogP contribution in [0.25, 0.3) is 0 Å². The second kappa shape index (κ2) is 10.4. The molecule has 4 rings (SSSR count). The number of hydrogen-bond acceptors (Lipinski definition) is 4. The smallest absolute Gasteiger partial charge is 0.260 e. The molecule has 2 heterocycles. The molecule has 6 nitrogen and oxygen atoms in total. The fraction of sp³-hybridized carbons (Fsp3) is 0.481. The van der Waals surface area contributed by atoms with Gasteiger partial charge in [0, 0.05) is 26.1 Å². The number of nitrogens with zero attached hydrogens (tertiary/aromatic N) is 1. The summed E-state index contributed by atoms with van der Waals surface area (Å²) < 4.78 is 11.6. The SMILES string of the molecule is CCC(=O)N1CCc2ccc(OC(C)C(=O)NCC3CCCO3)cc2C1c1cccc(C)c1. The number of carbonyl (C=O) groups is 2. The van der Waals surface area contributed by atoms with Crippen LogP contribution in [0, 0.1) is 6.92 Å². The number of carbonyl (C=O) groups excluding carboxylic acids is 2. The lowest BCUT2D eigenvalue weighted by atomic mass is 9.87. The Kier molecular flexibility index (Phi) is 7.33. The van der Waals surface area contributed by atoms with Gasteiger partial charge >= 0.3 is 0 Å². The van der Waals surface area contributed by atoms with Gasteiger partial charge in [-0.1, -0.05) is 42.8 Å². The lowest BCUT2D eigenvalue weighted by molar-refractivity contribution is -0.133. The van der Waals surface area contributed by atoms with Gasteiger partial charge in [-0.2, -0.15) is 0 Å². The molecular weight excluding hydrogens is 416 g/mol. The van der Waals surface area contributed by atoms with Crippen LogP contribution in [-0.4, -0.2) is 48.6 Å². The minimum Gasteiger partial charge on any atom is -0.481 e. The maximum absolute atomic E-state index is 12.8. The van der Waals surface area contributed by atoms with Gasteiger partial charge in [0.05, 0.1) is 12.1 Å². The summed E-state index contributed by atoms with van der Waals surface area (Å²) in [5.74, 6) is 0.624. The fourth-order valence-electron chi connectivity index (χ4n) is 4.76. The first-order chi connectivity index (χ1) is 16.0. The van der Waals surface area contributed by atoms with E-state index >= 15 is 0 Å². The average Bonchev–Trinajstić information content (AvgIpc) is 3.35. The summed E-state index contributed by atoms with van der Waals surface area (Å²) in [6.45, 7) is 7.70. The highest BCUT2D eigenvalue weighted by molar-refractivity contribution is 5.80. The van der Waals surface area contributed by atoms with Gasteiger partial charge < -0.3 is 19.7 Å². The van der Waals surface area contributed by atoms with Gasteiger partial charge in [-0.05, 0) is 61.9 Å². The number of amides is 2. The van der Waals surface area contributed by atoms with Crippen molar-refractivity contribution in [2.24, 2.45) is 0 Å². The summed E-state index contributed by atoms with van der Waals surface area (Å²) in [6, 6.07) is 14.2. The van der Waals surface area contributed by atoms with Crippen LogP contribution in [0.2, 0.25) is 0 Å². The summed E-state index contributed by atoms with van der Waals surface area (Å²) in [5, 5.41) is 2.94. The van der Waals surface area contributed by atoms with Crippen LogP contribution < -0.4 is 10.1 Å². The van der Waals surface area contributed by atoms with Gasteiger partial charge in [0.1, 0.15) is 5.75 Å². The highest BCUT2D eigenvalue weighted by Crippen LogP contribution is 2.38. The van der Waals surface area contributed by atoms with Crippen molar-refractivity contribution in [3.8, 4) is 5.75 Å². The molecule has 2 aromatic carbocycles. The molecule has 0 spiro atoms. The molecule has 2 amide bonds. The topological polar surface area (TPSA) is 67.9 Å². The lowest BCUT2D eigenvalue weighted by Crippen LogP contribution is -2.41. The van der Waals surface area contributed by atoms with Crippen LogP contribution in [0.15, 0.2) is 42.5 Å². The molecule has 1 N–H and O–H groups in total. The van der Waals surface area contributed by atoms with Crippen LogP contribution >= 0.6 is 0 Å². The second-order valence-corrected chi connectivity index (χ2v) is 9.01. The number of nitrogens with one attached hydrogen (secondary N) is 1. The second-order valence-electron chi connectivity index (χ2n) is 9.01. The average molecular weight is 451 g/mol. The maximum Gasteiger partial charge on any atom is 0.260 e. The van der Waals surface area contributed by atoms with E-state index in [-0.39, 0.29) is 24.0 Å². The van der Waals surface area contributed by atoms with E-state index in [2.05, 4.69) is 36.5 Å². The number of fused-ring (bicyclic) bond motifs is 1. The van der Waals surface area contributed by atoms with E-state index < -0.39 is 6.10 Å². The van der Waals surface area contributed by atoms with Crippen molar-refractivity contribution in [3.63, 3.8) is 0 Å². The molecule has 176 valence electrons. The summed E-state index contributed by atoms with van der Waals surface area (Å²) >= 11 is 0. The molecule has 3 atom stereocenters. The Bertz CT molecular complexity index is 999. The summed E-state index contributed by atoms with van der Waals surface area (Å²) in [6.07, 6.45) is 2.77. The van der Waals surface area contributed by atoms with Crippen molar-refractivity contribution in [1.29, 1.82) is 0 Å². The number of rotatable bonds is 7. The van der Waals surface area contributed by atoms with E-state index in [1.165, 1.54) is 5.56 Å². The molecule has 1 fully saturated rings. The minimum atomic E-state index is -0.626. The van der Waals surface area contributed by atoms with Gasteiger partial charge in [-0.25, -0.2) is 0 Å². The molecular formula is C27H34N2O4. The molecule has 0 aliphatic carbocycles. The Balaban J connectivity index is 1.55. The number of hydrogen-bond donors (Lipinski definition) is 1. The summed E-state index contributed by atoms with van der Waals surface area (Å²) in [7, 11) is 0. The molecule has 33 heavy (non-hydrogen) atoms. The fourth-order valence-corrected chi connectivity index (χ4v) is 4.76. The lowest BCUT2D eigenvalue weighted by Gasteiger charge is -2.38. The first-order valence-corrected chi connectivity index (χ1v) is 12.0. The third kappa shape index (κ3) is 5.38. The van der Waals surface area contributed by atoms with Crippen molar-refractivity contribution in [2.45, 2.75) is 64.7 Å². The highest BCUT2D eigenvalue weighted by Gasteiger charge is 2.32. The molecule has 3 unspecified atom stereocenters. The van der Waals surface area contributed by atoms with Gasteiger partial charge in [-0.3, -0.25) is 9.59 Å².